The fourth-order valence-electron chi connectivity index (χ4n) is 3.07. The number of rotatable bonds is 5. The minimum Gasteiger partial charge on any atom is -0.312 e. The molecule has 3 aliphatic heterocycles. The van der Waals surface area contributed by atoms with Crippen LogP contribution in [-0.4, -0.2) is 37.1 Å². The molecule has 2 bridgehead atoms. The van der Waals surface area contributed by atoms with Crippen LogP contribution in [0.2, 0.25) is 0 Å². The maximum absolute atomic E-state index is 8.95. The largest absolute Gasteiger partial charge is 0.312 e. The van der Waals surface area contributed by atoms with Crippen LogP contribution >= 0.6 is 0 Å². The molecule has 0 aliphatic carbocycles. The molecule has 0 amide bonds. The van der Waals surface area contributed by atoms with E-state index in [2.05, 4.69) is 16.3 Å². The standard InChI is InChI=1S/C14H25N3/c1-14(2,11-15)6-3-7-16-13-10-17-8-4-12(13)5-9-17/h12-13,16H,3-10H2,1-2H3. The van der Waals surface area contributed by atoms with E-state index in [1.165, 1.54) is 32.5 Å². The molecule has 0 saturated carbocycles. The molecule has 3 heteroatoms. The molecule has 1 unspecified atom stereocenters. The van der Waals surface area contributed by atoms with E-state index in [-0.39, 0.29) is 5.41 Å². The number of nitrogens with one attached hydrogen (secondary N) is 1. The van der Waals surface area contributed by atoms with E-state index >= 15 is 0 Å². The number of hydrogen-bond acceptors (Lipinski definition) is 3. The number of piperidine rings is 3. The van der Waals surface area contributed by atoms with Gasteiger partial charge in [0.05, 0.1) is 11.5 Å². The summed E-state index contributed by atoms with van der Waals surface area (Å²) in [5.74, 6) is 0.906. The molecule has 1 N–H and O–H groups in total. The molecule has 0 radical (unpaired) electrons. The van der Waals surface area contributed by atoms with E-state index in [1.807, 2.05) is 13.8 Å². The van der Waals surface area contributed by atoms with Gasteiger partial charge in [-0.2, -0.15) is 5.26 Å². The van der Waals surface area contributed by atoms with Crippen molar-refractivity contribution in [3.05, 3.63) is 0 Å². The Hall–Kier alpha value is -0.590. The van der Waals surface area contributed by atoms with Crippen molar-refractivity contribution in [1.29, 1.82) is 5.26 Å². The van der Waals surface area contributed by atoms with Crippen molar-refractivity contribution in [1.82, 2.24) is 10.2 Å². The smallest absolute Gasteiger partial charge is 0.0683 e. The van der Waals surface area contributed by atoms with Crippen molar-refractivity contribution in [2.24, 2.45) is 11.3 Å². The first kappa shape index (κ1) is 12.9. The summed E-state index contributed by atoms with van der Waals surface area (Å²) in [5.41, 5.74) is -0.156. The van der Waals surface area contributed by atoms with Gasteiger partial charge in [-0.15, -0.1) is 0 Å². The lowest BCUT2D eigenvalue weighted by molar-refractivity contribution is 0.0725. The van der Waals surface area contributed by atoms with Crippen molar-refractivity contribution < 1.29 is 0 Å². The van der Waals surface area contributed by atoms with Crippen molar-refractivity contribution in [3.8, 4) is 6.07 Å². The molecule has 3 aliphatic rings. The fourth-order valence-corrected chi connectivity index (χ4v) is 3.07. The van der Waals surface area contributed by atoms with Crippen LogP contribution in [-0.2, 0) is 0 Å². The van der Waals surface area contributed by atoms with Gasteiger partial charge in [0.15, 0.2) is 0 Å². The zero-order valence-electron chi connectivity index (χ0n) is 11.2. The van der Waals surface area contributed by atoms with E-state index in [9.17, 15) is 0 Å². The molecule has 3 nitrogen and oxygen atoms in total. The third-order valence-corrected chi connectivity index (χ3v) is 4.34. The van der Waals surface area contributed by atoms with Crippen molar-refractivity contribution >= 4 is 0 Å². The van der Waals surface area contributed by atoms with Crippen molar-refractivity contribution in [2.75, 3.05) is 26.2 Å². The van der Waals surface area contributed by atoms with Crippen LogP contribution in [0.15, 0.2) is 0 Å². The molecule has 0 aromatic carbocycles. The molecule has 96 valence electrons. The van der Waals surface area contributed by atoms with Crippen molar-refractivity contribution in [3.63, 3.8) is 0 Å². The highest BCUT2D eigenvalue weighted by atomic mass is 15.2. The van der Waals surface area contributed by atoms with Gasteiger partial charge < -0.3 is 10.2 Å². The molecule has 0 spiro atoms. The SMILES string of the molecule is CC(C)(C#N)CCCNC1CN2CCC1CC2. The normalized spacial score (nSPS) is 32.4. The number of nitriles is 1. The lowest BCUT2D eigenvalue weighted by Gasteiger charge is -2.45. The highest BCUT2D eigenvalue weighted by molar-refractivity contribution is 4.93. The van der Waals surface area contributed by atoms with Gasteiger partial charge in [-0.05, 0) is 65.1 Å². The van der Waals surface area contributed by atoms with E-state index in [0.717, 1.165) is 25.3 Å². The van der Waals surface area contributed by atoms with E-state index in [4.69, 9.17) is 5.26 Å². The summed E-state index contributed by atoms with van der Waals surface area (Å²) in [6, 6.07) is 3.08. The van der Waals surface area contributed by atoms with Gasteiger partial charge in [-0.25, -0.2) is 0 Å². The Morgan fingerprint density at radius 1 is 1.35 bits per heavy atom. The van der Waals surface area contributed by atoms with Crippen LogP contribution in [0.5, 0.6) is 0 Å². The Labute approximate surface area is 105 Å². The number of nitrogens with zero attached hydrogens (tertiary/aromatic N) is 2. The average Bonchev–Trinajstić information content (AvgIpc) is 2.36. The summed E-state index contributed by atoms with van der Waals surface area (Å²) in [6.45, 7) is 8.99. The molecule has 0 aromatic rings. The third-order valence-electron chi connectivity index (χ3n) is 4.34. The first-order chi connectivity index (χ1) is 8.11. The third kappa shape index (κ3) is 3.43. The zero-order chi connectivity index (χ0) is 12.3. The van der Waals surface area contributed by atoms with Crippen LogP contribution in [0.25, 0.3) is 0 Å². The lowest BCUT2D eigenvalue weighted by atomic mass is 9.84. The van der Waals surface area contributed by atoms with Crippen LogP contribution in [0.3, 0.4) is 0 Å². The second-order valence-corrected chi connectivity index (χ2v) is 6.30. The van der Waals surface area contributed by atoms with Crippen LogP contribution in [0.4, 0.5) is 0 Å². The quantitative estimate of drug-likeness (QED) is 0.741. The highest BCUT2D eigenvalue weighted by Crippen LogP contribution is 2.27. The molecule has 17 heavy (non-hydrogen) atoms. The minimum atomic E-state index is -0.156. The lowest BCUT2D eigenvalue weighted by Crippen LogP contribution is -2.56. The number of fused-ring (bicyclic) bond motifs is 3. The highest BCUT2D eigenvalue weighted by Gasteiger charge is 2.33. The molecule has 1 atom stereocenters. The Kier molecular flexibility index (Phi) is 4.06. The van der Waals surface area contributed by atoms with Gasteiger partial charge in [0.2, 0.25) is 0 Å². The van der Waals surface area contributed by atoms with Crippen LogP contribution < -0.4 is 5.32 Å². The van der Waals surface area contributed by atoms with Gasteiger partial charge in [-0.1, -0.05) is 0 Å². The zero-order valence-corrected chi connectivity index (χ0v) is 11.2. The fraction of sp³-hybridized carbons (Fsp3) is 0.929. The topological polar surface area (TPSA) is 39.1 Å². The molecule has 3 saturated heterocycles. The van der Waals surface area contributed by atoms with Gasteiger partial charge in [-0.3, -0.25) is 0 Å². The molecule has 3 fully saturated rings. The van der Waals surface area contributed by atoms with E-state index in [0.29, 0.717) is 6.04 Å². The Morgan fingerprint density at radius 2 is 2.06 bits per heavy atom. The number of hydrogen-bond donors (Lipinski definition) is 1. The summed E-state index contributed by atoms with van der Waals surface area (Å²) >= 11 is 0. The van der Waals surface area contributed by atoms with E-state index < -0.39 is 0 Å². The second kappa shape index (κ2) is 5.37. The molecule has 3 rings (SSSR count). The maximum atomic E-state index is 8.95. The summed E-state index contributed by atoms with van der Waals surface area (Å²) in [4.78, 5) is 2.58. The van der Waals surface area contributed by atoms with Gasteiger partial charge in [0.1, 0.15) is 0 Å². The Bertz CT molecular complexity index is 284. The summed E-state index contributed by atoms with van der Waals surface area (Å²) in [5, 5.41) is 12.6. The second-order valence-electron chi connectivity index (χ2n) is 6.30. The van der Waals surface area contributed by atoms with Gasteiger partial charge in [0.25, 0.3) is 0 Å². The molecular formula is C14H25N3. The van der Waals surface area contributed by atoms with E-state index in [1.54, 1.807) is 0 Å². The first-order valence-corrected chi connectivity index (χ1v) is 6.98. The monoisotopic (exact) mass is 235 g/mol. The van der Waals surface area contributed by atoms with Gasteiger partial charge >= 0.3 is 0 Å². The van der Waals surface area contributed by atoms with Gasteiger partial charge in [0, 0.05) is 12.6 Å². The predicted octanol–water partition coefficient (Wildman–Crippen LogP) is 2.00. The Morgan fingerprint density at radius 3 is 2.59 bits per heavy atom. The Balaban J connectivity index is 1.65. The summed E-state index contributed by atoms with van der Waals surface area (Å²) < 4.78 is 0. The first-order valence-electron chi connectivity index (χ1n) is 6.98. The molecule has 3 heterocycles. The summed E-state index contributed by atoms with van der Waals surface area (Å²) in [6.07, 6.45) is 4.87. The average molecular weight is 235 g/mol. The molecule has 0 aromatic heterocycles. The van der Waals surface area contributed by atoms with Crippen LogP contribution in [0, 0.1) is 22.7 Å². The van der Waals surface area contributed by atoms with Crippen LogP contribution in [0.1, 0.15) is 39.5 Å². The molecular weight excluding hydrogens is 210 g/mol. The minimum absolute atomic E-state index is 0.156. The predicted molar refractivity (Wildman–Crippen MR) is 69.6 cm³/mol. The summed E-state index contributed by atoms with van der Waals surface area (Å²) in [7, 11) is 0. The maximum Gasteiger partial charge on any atom is 0.0683 e. The van der Waals surface area contributed by atoms with Crippen molar-refractivity contribution in [2.45, 2.75) is 45.6 Å².